The third-order valence-corrected chi connectivity index (χ3v) is 6.28. The molecule has 0 saturated heterocycles. The van der Waals surface area contributed by atoms with Gasteiger partial charge in [-0.15, -0.1) is 11.3 Å². The summed E-state index contributed by atoms with van der Waals surface area (Å²) in [6, 6.07) is 14.8. The average Bonchev–Trinajstić information content (AvgIpc) is 3.15. The van der Waals surface area contributed by atoms with E-state index in [1.165, 1.54) is 11.3 Å². The number of ether oxygens (including phenoxy) is 3. The number of aryl methyl sites for hydroxylation is 1. The first kappa shape index (κ1) is 21.5. The van der Waals surface area contributed by atoms with Gasteiger partial charge in [-0.25, -0.2) is 4.98 Å². The van der Waals surface area contributed by atoms with Gasteiger partial charge in [-0.3, -0.25) is 4.79 Å². The van der Waals surface area contributed by atoms with Gasteiger partial charge in [-0.05, 0) is 61.0 Å². The normalized spacial score (nSPS) is 10.8. The maximum Gasteiger partial charge on any atom is 0.267 e. The molecule has 32 heavy (non-hydrogen) atoms. The number of hydrogen-bond donors (Lipinski definition) is 2. The van der Waals surface area contributed by atoms with Crippen LogP contribution in [0.3, 0.4) is 0 Å². The van der Waals surface area contributed by atoms with Crippen molar-refractivity contribution in [1.29, 1.82) is 0 Å². The largest absolute Gasteiger partial charge is 0.497 e. The van der Waals surface area contributed by atoms with Crippen LogP contribution in [0.1, 0.15) is 15.2 Å². The van der Waals surface area contributed by atoms with Gasteiger partial charge in [-0.1, -0.05) is 0 Å². The first-order valence-corrected chi connectivity index (χ1v) is 10.6. The zero-order valence-electron chi connectivity index (χ0n) is 18.2. The van der Waals surface area contributed by atoms with E-state index in [0.717, 1.165) is 28.0 Å². The molecule has 0 aliphatic rings. The molecular weight excluding hydrogens is 426 g/mol. The number of aromatic nitrogens is 1. The van der Waals surface area contributed by atoms with E-state index < -0.39 is 0 Å². The quantitative estimate of drug-likeness (QED) is 0.424. The number of nitrogens with one attached hydrogen (secondary N) is 1. The molecule has 0 saturated carbocycles. The van der Waals surface area contributed by atoms with Crippen LogP contribution in [0.4, 0.5) is 11.4 Å². The van der Waals surface area contributed by atoms with Crippen LogP contribution in [0.15, 0.2) is 48.5 Å². The molecule has 0 bridgehead atoms. The highest BCUT2D eigenvalue weighted by molar-refractivity contribution is 7.21. The summed E-state index contributed by atoms with van der Waals surface area (Å²) in [4.78, 5) is 18.8. The molecule has 4 rings (SSSR count). The summed E-state index contributed by atoms with van der Waals surface area (Å²) in [5, 5.41) is 3.68. The summed E-state index contributed by atoms with van der Waals surface area (Å²) in [7, 11) is 4.79. The molecular formula is C24H23N3O4S. The second kappa shape index (κ2) is 8.76. The summed E-state index contributed by atoms with van der Waals surface area (Å²) < 4.78 is 15.9. The fraction of sp³-hybridized carbons (Fsp3) is 0.167. The lowest BCUT2D eigenvalue weighted by Gasteiger charge is -2.09. The van der Waals surface area contributed by atoms with Crippen molar-refractivity contribution in [2.45, 2.75) is 6.92 Å². The maximum atomic E-state index is 13.0. The Bertz CT molecular complexity index is 1320. The topological polar surface area (TPSA) is 95.7 Å². The molecule has 2 aromatic heterocycles. The summed E-state index contributed by atoms with van der Waals surface area (Å²) in [5.74, 6) is 1.72. The molecule has 2 heterocycles. The summed E-state index contributed by atoms with van der Waals surface area (Å²) >= 11 is 1.26. The molecule has 0 radical (unpaired) electrons. The average molecular weight is 450 g/mol. The van der Waals surface area contributed by atoms with E-state index in [0.29, 0.717) is 32.6 Å². The molecule has 7 nitrogen and oxygen atoms in total. The minimum atomic E-state index is -0.272. The van der Waals surface area contributed by atoms with Crippen LogP contribution in [0.5, 0.6) is 17.2 Å². The summed E-state index contributed by atoms with van der Waals surface area (Å²) in [6.45, 7) is 1.91. The van der Waals surface area contributed by atoms with Crippen molar-refractivity contribution < 1.29 is 19.0 Å². The number of carbonyl (C=O) groups excluding carboxylic acids is 1. The molecule has 1 amide bonds. The molecule has 0 atom stereocenters. The Balaban J connectivity index is 1.66. The monoisotopic (exact) mass is 449 g/mol. The van der Waals surface area contributed by atoms with Gasteiger partial charge < -0.3 is 25.3 Å². The second-order valence-electron chi connectivity index (χ2n) is 7.10. The Kier molecular flexibility index (Phi) is 5.87. The van der Waals surface area contributed by atoms with Crippen LogP contribution < -0.4 is 25.3 Å². The van der Waals surface area contributed by atoms with E-state index in [2.05, 4.69) is 5.32 Å². The van der Waals surface area contributed by atoms with Gasteiger partial charge >= 0.3 is 0 Å². The van der Waals surface area contributed by atoms with E-state index in [1.807, 2.05) is 49.4 Å². The Labute approximate surface area is 189 Å². The van der Waals surface area contributed by atoms with Gasteiger partial charge in [0.15, 0.2) is 11.5 Å². The maximum absolute atomic E-state index is 13.0. The van der Waals surface area contributed by atoms with E-state index in [1.54, 1.807) is 27.4 Å². The van der Waals surface area contributed by atoms with Crippen molar-refractivity contribution in [2.24, 2.45) is 0 Å². The van der Waals surface area contributed by atoms with E-state index in [9.17, 15) is 4.79 Å². The number of thiophene rings is 1. The number of carbonyl (C=O) groups is 1. The number of pyridine rings is 1. The predicted molar refractivity (Wildman–Crippen MR) is 128 cm³/mol. The van der Waals surface area contributed by atoms with Crippen molar-refractivity contribution in [1.82, 2.24) is 4.98 Å². The molecule has 2 aromatic carbocycles. The Hall–Kier alpha value is -3.78. The minimum Gasteiger partial charge on any atom is -0.497 e. The molecule has 0 spiro atoms. The highest BCUT2D eigenvalue weighted by atomic mass is 32.1. The number of hydrogen-bond acceptors (Lipinski definition) is 7. The van der Waals surface area contributed by atoms with E-state index in [4.69, 9.17) is 24.9 Å². The van der Waals surface area contributed by atoms with Crippen molar-refractivity contribution >= 4 is 38.8 Å². The number of anilines is 2. The molecule has 8 heteroatoms. The lowest BCUT2D eigenvalue weighted by Crippen LogP contribution is -2.12. The van der Waals surface area contributed by atoms with Crippen LogP contribution in [0, 0.1) is 6.92 Å². The predicted octanol–water partition coefficient (Wildman–Crippen LogP) is 5.13. The van der Waals surface area contributed by atoms with Gasteiger partial charge in [0.1, 0.15) is 15.5 Å². The smallest absolute Gasteiger partial charge is 0.267 e. The van der Waals surface area contributed by atoms with E-state index >= 15 is 0 Å². The Morgan fingerprint density at radius 2 is 1.75 bits per heavy atom. The SMILES string of the molecule is COc1ccc(NC(=O)c2sc3nc(-c4ccc(OC)c(OC)c4)ccc3c2N)c(C)c1. The number of benzene rings is 2. The number of methoxy groups -OCH3 is 3. The summed E-state index contributed by atoms with van der Waals surface area (Å²) in [6.07, 6.45) is 0. The first-order chi connectivity index (χ1) is 15.4. The molecule has 4 aromatic rings. The Morgan fingerprint density at radius 1 is 0.969 bits per heavy atom. The van der Waals surface area contributed by atoms with Crippen LogP contribution in [0.25, 0.3) is 21.5 Å². The molecule has 164 valence electrons. The van der Waals surface area contributed by atoms with Gasteiger partial charge in [0.05, 0.1) is 32.7 Å². The van der Waals surface area contributed by atoms with Crippen LogP contribution in [0.2, 0.25) is 0 Å². The molecule has 3 N–H and O–H groups in total. The van der Waals surface area contributed by atoms with Crippen molar-refractivity contribution in [3.05, 3.63) is 59.0 Å². The molecule has 0 unspecified atom stereocenters. The Morgan fingerprint density at radius 3 is 2.44 bits per heavy atom. The van der Waals surface area contributed by atoms with Crippen molar-refractivity contribution in [3.8, 4) is 28.5 Å². The van der Waals surface area contributed by atoms with Crippen molar-refractivity contribution in [2.75, 3.05) is 32.4 Å². The lowest BCUT2D eigenvalue weighted by molar-refractivity contribution is 0.103. The lowest BCUT2D eigenvalue weighted by atomic mass is 10.1. The third-order valence-electron chi connectivity index (χ3n) is 5.16. The van der Waals surface area contributed by atoms with Gasteiger partial charge in [0.2, 0.25) is 0 Å². The zero-order chi connectivity index (χ0) is 22.8. The standard InChI is InChI=1S/C24H23N3O4S/c1-13-11-15(29-2)6-8-17(13)26-23(28)22-21(25)16-7-9-18(27-24(16)32-22)14-5-10-19(30-3)20(12-14)31-4/h5-12H,25H2,1-4H3,(H,26,28). The van der Waals surface area contributed by atoms with Crippen LogP contribution in [-0.2, 0) is 0 Å². The highest BCUT2D eigenvalue weighted by Gasteiger charge is 2.19. The number of nitrogens with zero attached hydrogens (tertiary/aromatic N) is 1. The second-order valence-corrected chi connectivity index (χ2v) is 8.10. The number of nitrogen functional groups attached to an aromatic ring is 1. The van der Waals surface area contributed by atoms with Crippen LogP contribution in [-0.4, -0.2) is 32.2 Å². The molecule has 0 fully saturated rings. The first-order valence-electron chi connectivity index (χ1n) is 9.82. The van der Waals surface area contributed by atoms with E-state index in [-0.39, 0.29) is 5.91 Å². The number of amides is 1. The molecule has 0 aliphatic heterocycles. The minimum absolute atomic E-state index is 0.272. The van der Waals surface area contributed by atoms with Gasteiger partial charge in [0, 0.05) is 16.6 Å². The molecule has 0 aliphatic carbocycles. The fourth-order valence-corrected chi connectivity index (χ4v) is 4.39. The summed E-state index contributed by atoms with van der Waals surface area (Å²) in [5.41, 5.74) is 9.93. The third kappa shape index (κ3) is 3.92. The number of rotatable bonds is 6. The van der Waals surface area contributed by atoms with Crippen molar-refractivity contribution in [3.63, 3.8) is 0 Å². The van der Waals surface area contributed by atoms with Crippen LogP contribution >= 0.6 is 11.3 Å². The fourth-order valence-electron chi connectivity index (χ4n) is 3.40. The highest BCUT2D eigenvalue weighted by Crippen LogP contribution is 2.37. The van der Waals surface area contributed by atoms with Gasteiger partial charge in [0.25, 0.3) is 5.91 Å². The van der Waals surface area contributed by atoms with Gasteiger partial charge in [-0.2, -0.15) is 0 Å². The number of fused-ring (bicyclic) bond motifs is 1. The number of nitrogens with two attached hydrogens (primary N) is 1. The zero-order valence-corrected chi connectivity index (χ0v) is 19.0.